The molecule has 28 heavy (non-hydrogen) atoms. The van der Waals surface area contributed by atoms with Gasteiger partial charge < -0.3 is 14.8 Å². The summed E-state index contributed by atoms with van der Waals surface area (Å²) in [7, 11) is 0. The fourth-order valence-electron chi connectivity index (χ4n) is 2.84. The fourth-order valence-corrected chi connectivity index (χ4v) is 2.84. The number of amides is 1. The minimum atomic E-state index is -0.761. The van der Waals surface area contributed by atoms with Gasteiger partial charge in [-0.25, -0.2) is 4.79 Å². The number of carbonyl (C=O) groups excluding carboxylic acids is 2. The van der Waals surface area contributed by atoms with Crippen molar-refractivity contribution in [1.29, 1.82) is 0 Å². The van der Waals surface area contributed by atoms with Gasteiger partial charge in [0.15, 0.2) is 0 Å². The van der Waals surface area contributed by atoms with E-state index >= 15 is 0 Å². The summed E-state index contributed by atoms with van der Waals surface area (Å²) in [6.45, 7) is 4.70. The van der Waals surface area contributed by atoms with Crippen molar-refractivity contribution in [3.05, 3.63) is 65.7 Å². The lowest BCUT2D eigenvalue weighted by Crippen LogP contribution is -2.43. The Morgan fingerprint density at radius 2 is 1.68 bits per heavy atom. The van der Waals surface area contributed by atoms with Gasteiger partial charge in [-0.3, -0.25) is 4.79 Å². The molecule has 2 aromatic rings. The average molecular weight is 383 g/mol. The number of nitrogens with one attached hydrogen (secondary N) is 1. The van der Waals surface area contributed by atoms with Crippen LogP contribution in [0.5, 0.6) is 5.75 Å². The number of esters is 1. The first-order chi connectivity index (χ1) is 13.7. The van der Waals surface area contributed by atoms with Crippen LogP contribution >= 0.6 is 0 Å². The summed E-state index contributed by atoms with van der Waals surface area (Å²) in [5.74, 6) is -0.264. The van der Waals surface area contributed by atoms with E-state index in [1.807, 2.05) is 36.4 Å². The lowest BCUT2D eigenvalue weighted by atomic mass is 10.1. The Morgan fingerprint density at radius 3 is 2.39 bits per heavy atom. The normalized spacial score (nSPS) is 11.5. The monoisotopic (exact) mass is 383 g/mol. The number of hydrogen-bond donors (Lipinski definition) is 1. The molecule has 5 nitrogen and oxygen atoms in total. The van der Waals surface area contributed by atoms with Crippen LogP contribution in [-0.4, -0.2) is 31.1 Å². The second-order valence-corrected chi connectivity index (χ2v) is 6.52. The molecule has 2 rings (SSSR count). The van der Waals surface area contributed by atoms with E-state index in [1.54, 1.807) is 25.1 Å². The molecular weight excluding hydrogens is 354 g/mol. The van der Waals surface area contributed by atoms with E-state index in [1.165, 1.54) is 0 Å². The third-order valence-corrected chi connectivity index (χ3v) is 4.30. The van der Waals surface area contributed by atoms with Crippen molar-refractivity contribution in [1.82, 2.24) is 5.32 Å². The molecule has 1 N–H and O–H groups in total. The minimum absolute atomic E-state index is 0.261. The Bertz CT molecular complexity index is 745. The Balaban J connectivity index is 2.11. The molecule has 0 fully saturated rings. The van der Waals surface area contributed by atoms with Crippen LogP contribution in [0.1, 0.15) is 49.0 Å². The maximum atomic E-state index is 12.9. The smallest absolute Gasteiger partial charge is 0.328 e. The first-order valence-electron chi connectivity index (χ1n) is 9.89. The van der Waals surface area contributed by atoms with Crippen LogP contribution in [0.25, 0.3) is 0 Å². The van der Waals surface area contributed by atoms with E-state index in [0.29, 0.717) is 24.3 Å². The highest BCUT2D eigenvalue weighted by Crippen LogP contribution is 2.19. The van der Waals surface area contributed by atoms with Gasteiger partial charge in [-0.1, -0.05) is 62.2 Å². The van der Waals surface area contributed by atoms with Crippen molar-refractivity contribution in [2.75, 3.05) is 13.2 Å². The zero-order valence-electron chi connectivity index (χ0n) is 16.6. The van der Waals surface area contributed by atoms with E-state index < -0.39 is 12.0 Å². The third kappa shape index (κ3) is 6.72. The molecule has 0 saturated carbocycles. The molecule has 2 aromatic carbocycles. The number of carbonyl (C=O) groups is 2. The van der Waals surface area contributed by atoms with Gasteiger partial charge in [0.05, 0.1) is 18.8 Å². The van der Waals surface area contributed by atoms with Gasteiger partial charge in [0.2, 0.25) is 0 Å². The molecule has 0 spiro atoms. The number of unbranched alkanes of at least 4 members (excludes halogenated alkanes) is 2. The van der Waals surface area contributed by atoms with Gasteiger partial charge in [-0.05, 0) is 31.0 Å². The lowest BCUT2D eigenvalue weighted by Gasteiger charge is -2.18. The maximum Gasteiger partial charge on any atom is 0.328 e. The van der Waals surface area contributed by atoms with E-state index in [4.69, 9.17) is 9.47 Å². The molecule has 0 radical (unpaired) electrons. The predicted octanol–water partition coefficient (Wildman–Crippen LogP) is 4.16. The summed E-state index contributed by atoms with van der Waals surface area (Å²) >= 11 is 0. The molecule has 1 unspecified atom stereocenters. The largest absolute Gasteiger partial charge is 0.493 e. The highest BCUT2D eigenvalue weighted by atomic mass is 16.5. The molecule has 0 aliphatic rings. The van der Waals surface area contributed by atoms with Crippen LogP contribution in [0, 0.1) is 0 Å². The van der Waals surface area contributed by atoms with Crippen molar-refractivity contribution in [2.24, 2.45) is 0 Å². The van der Waals surface area contributed by atoms with Crippen LogP contribution in [-0.2, 0) is 16.0 Å². The maximum absolute atomic E-state index is 12.9. The quantitative estimate of drug-likeness (QED) is 0.467. The summed E-state index contributed by atoms with van der Waals surface area (Å²) in [5, 5.41) is 2.81. The topological polar surface area (TPSA) is 64.6 Å². The summed E-state index contributed by atoms with van der Waals surface area (Å²) in [6.07, 6.45) is 3.49. The van der Waals surface area contributed by atoms with Crippen LogP contribution in [0.2, 0.25) is 0 Å². The minimum Gasteiger partial charge on any atom is -0.493 e. The molecule has 0 aliphatic heterocycles. The average Bonchev–Trinajstić information content (AvgIpc) is 2.72. The van der Waals surface area contributed by atoms with Crippen LogP contribution in [0.15, 0.2) is 54.6 Å². The van der Waals surface area contributed by atoms with Gasteiger partial charge in [-0.15, -0.1) is 0 Å². The van der Waals surface area contributed by atoms with Crippen LogP contribution in [0.3, 0.4) is 0 Å². The molecule has 0 bridgehead atoms. The zero-order chi connectivity index (χ0) is 20.2. The van der Waals surface area contributed by atoms with Crippen molar-refractivity contribution in [3.8, 4) is 5.75 Å². The molecule has 0 aromatic heterocycles. The van der Waals surface area contributed by atoms with Crippen molar-refractivity contribution in [3.63, 3.8) is 0 Å². The number of rotatable bonds is 11. The van der Waals surface area contributed by atoms with Crippen molar-refractivity contribution < 1.29 is 19.1 Å². The standard InChI is InChI=1S/C23H29NO4/c1-3-5-11-16-28-21-15-10-9-14-19(21)22(25)24-20(23(26)27-4-2)17-18-12-7-6-8-13-18/h6-10,12-15,20H,3-5,11,16-17H2,1-2H3,(H,24,25). The van der Waals surface area contributed by atoms with E-state index in [9.17, 15) is 9.59 Å². The van der Waals surface area contributed by atoms with Gasteiger partial charge >= 0.3 is 5.97 Å². The molecule has 1 amide bonds. The second-order valence-electron chi connectivity index (χ2n) is 6.52. The predicted molar refractivity (Wildman–Crippen MR) is 109 cm³/mol. The van der Waals surface area contributed by atoms with Crippen molar-refractivity contribution >= 4 is 11.9 Å². The molecule has 0 saturated heterocycles. The number of benzene rings is 2. The van der Waals surface area contributed by atoms with Gasteiger partial charge in [0, 0.05) is 6.42 Å². The number of ether oxygens (including phenoxy) is 2. The van der Waals surface area contributed by atoms with Gasteiger partial charge in [0.1, 0.15) is 11.8 Å². The third-order valence-electron chi connectivity index (χ3n) is 4.30. The molecule has 5 heteroatoms. The Hall–Kier alpha value is -2.82. The Morgan fingerprint density at radius 1 is 0.964 bits per heavy atom. The molecule has 150 valence electrons. The van der Waals surface area contributed by atoms with E-state index in [0.717, 1.165) is 24.8 Å². The fraction of sp³-hybridized carbons (Fsp3) is 0.391. The zero-order valence-corrected chi connectivity index (χ0v) is 16.6. The number of hydrogen-bond acceptors (Lipinski definition) is 4. The Labute approximate surface area is 167 Å². The van der Waals surface area contributed by atoms with Crippen LogP contribution < -0.4 is 10.1 Å². The highest BCUT2D eigenvalue weighted by molar-refractivity contribution is 5.99. The number of para-hydroxylation sites is 1. The molecule has 0 aliphatic carbocycles. The summed E-state index contributed by atoms with van der Waals surface area (Å²) in [6, 6.07) is 15.9. The Kier molecular flexibility index (Phi) is 9.05. The highest BCUT2D eigenvalue weighted by Gasteiger charge is 2.24. The molecule has 1 atom stereocenters. The SMILES string of the molecule is CCCCCOc1ccccc1C(=O)NC(Cc1ccccc1)C(=O)OCC. The lowest BCUT2D eigenvalue weighted by molar-refractivity contribution is -0.145. The van der Waals surface area contributed by atoms with Crippen LogP contribution in [0.4, 0.5) is 0 Å². The second kappa shape index (κ2) is 11.8. The molecular formula is C23H29NO4. The first-order valence-corrected chi connectivity index (χ1v) is 9.89. The van der Waals surface area contributed by atoms with E-state index in [-0.39, 0.29) is 12.5 Å². The summed E-state index contributed by atoms with van der Waals surface area (Å²) < 4.78 is 10.9. The first kappa shape index (κ1) is 21.5. The van der Waals surface area contributed by atoms with Gasteiger partial charge in [-0.2, -0.15) is 0 Å². The summed E-state index contributed by atoms with van der Waals surface area (Å²) in [5.41, 5.74) is 1.37. The van der Waals surface area contributed by atoms with Crippen molar-refractivity contribution in [2.45, 2.75) is 45.6 Å². The van der Waals surface area contributed by atoms with E-state index in [2.05, 4.69) is 12.2 Å². The summed E-state index contributed by atoms with van der Waals surface area (Å²) in [4.78, 5) is 25.2. The van der Waals surface area contributed by atoms with Gasteiger partial charge in [0.25, 0.3) is 5.91 Å². The molecule has 0 heterocycles.